The molecular weight excluding hydrogens is 315 g/mol. The number of rotatable bonds is 7. The summed E-state index contributed by atoms with van der Waals surface area (Å²) in [5, 5.41) is 0. The van der Waals surface area contributed by atoms with Crippen molar-refractivity contribution in [2.75, 3.05) is 20.8 Å². The van der Waals surface area contributed by atoms with E-state index in [9.17, 15) is 14.0 Å². The summed E-state index contributed by atoms with van der Waals surface area (Å²) < 4.78 is 28.1. The Kier molecular flexibility index (Phi) is 5.89. The van der Waals surface area contributed by atoms with E-state index in [-0.39, 0.29) is 12.0 Å². The van der Waals surface area contributed by atoms with Crippen LogP contribution in [0.5, 0.6) is 11.5 Å². The molecule has 6 heteroatoms. The zero-order chi connectivity index (χ0) is 17.5. The van der Waals surface area contributed by atoms with Crippen LogP contribution in [0.2, 0.25) is 0 Å². The molecule has 0 spiro atoms. The molecule has 0 saturated heterocycles. The van der Waals surface area contributed by atoms with Crippen LogP contribution in [0.1, 0.15) is 15.9 Å². The number of benzene rings is 2. The molecule has 2 aromatic carbocycles. The van der Waals surface area contributed by atoms with Crippen LogP contribution in [-0.4, -0.2) is 32.6 Å². The Bertz CT molecular complexity index is 725. The van der Waals surface area contributed by atoms with Gasteiger partial charge in [-0.25, -0.2) is 4.39 Å². The van der Waals surface area contributed by atoms with Crippen LogP contribution in [0.15, 0.2) is 42.5 Å². The molecule has 24 heavy (non-hydrogen) atoms. The molecule has 0 amide bonds. The highest BCUT2D eigenvalue weighted by atomic mass is 19.1. The molecule has 0 bridgehead atoms. The summed E-state index contributed by atoms with van der Waals surface area (Å²) in [6.07, 6.45) is -0.00292. The van der Waals surface area contributed by atoms with E-state index in [1.165, 1.54) is 38.5 Å². The van der Waals surface area contributed by atoms with Gasteiger partial charge in [0, 0.05) is 5.56 Å². The van der Waals surface area contributed by atoms with E-state index >= 15 is 0 Å². The van der Waals surface area contributed by atoms with E-state index in [1.54, 1.807) is 18.2 Å². The standard InChI is InChI=1S/C18H17FO5/c1-22-16-8-3-12(9-17(16)23-2)10-18(21)24-11-15(20)13-4-6-14(19)7-5-13/h3-9H,10-11H2,1-2H3. The molecule has 0 N–H and O–H groups in total. The normalized spacial score (nSPS) is 10.1. The lowest BCUT2D eigenvalue weighted by Crippen LogP contribution is -2.15. The quantitative estimate of drug-likeness (QED) is 0.576. The Hall–Kier alpha value is -2.89. The number of carbonyl (C=O) groups excluding carboxylic acids is 2. The second-order valence-corrected chi connectivity index (χ2v) is 4.96. The maximum Gasteiger partial charge on any atom is 0.310 e. The smallest absolute Gasteiger partial charge is 0.310 e. The number of Topliss-reactive ketones (excluding diaryl/α,β-unsaturated/α-hetero) is 1. The van der Waals surface area contributed by atoms with Gasteiger partial charge in [0.25, 0.3) is 0 Å². The van der Waals surface area contributed by atoms with Gasteiger partial charge in [0.2, 0.25) is 0 Å². The predicted octanol–water partition coefficient (Wildman–Crippen LogP) is 2.81. The lowest BCUT2D eigenvalue weighted by molar-refractivity contribution is -0.141. The molecule has 5 nitrogen and oxygen atoms in total. The molecular formula is C18H17FO5. The molecule has 2 aromatic rings. The van der Waals surface area contributed by atoms with Crippen molar-refractivity contribution in [3.63, 3.8) is 0 Å². The third-order valence-electron chi connectivity index (χ3n) is 3.33. The number of carbonyl (C=O) groups is 2. The zero-order valence-electron chi connectivity index (χ0n) is 13.4. The minimum Gasteiger partial charge on any atom is -0.493 e. The molecule has 0 heterocycles. The van der Waals surface area contributed by atoms with Crippen LogP contribution < -0.4 is 9.47 Å². The van der Waals surface area contributed by atoms with E-state index in [4.69, 9.17) is 14.2 Å². The minimum atomic E-state index is -0.544. The second-order valence-electron chi connectivity index (χ2n) is 4.96. The van der Waals surface area contributed by atoms with Gasteiger partial charge in [-0.3, -0.25) is 9.59 Å². The molecule has 0 saturated carbocycles. The van der Waals surface area contributed by atoms with Crippen LogP contribution in [0, 0.1) is 5.82 Å². The minimum absolute atomic E-state index is 0.00292. The molecule has 0 atom stereocenters. The van der Waals surface area contributed by atoms with Gasteiger partial charge < -0.3 is 14.2 Å². The third-order valence-corrected chi connectivity index (χ3v) is 3.33. The monoisotopic (exact) mass is 332 g/mol. The molecule has 126 valence electrons. The summed E-state index contributed by atoms with van der Waals surface area (Å²) in [6, 6.07) is 10.1. The number of halogens is 1. The fourth-order valence-corrected chi connectivity index (χ4v) is 2.07. The van der Waals surface area contributed by atoms with Gasteiger partial charge in [0.05, 0.1) is 20.6 Å². The van der Waals surface area contributed by atoms with E-state index < -0.39 is 24.2 Å². The Morgan fingerprint density at radius 3 is 2.25 bits per heavy atom. The first kappa shape index (κ1) is 17.5. The largest absolute Gasteiger partial charge is 0.493 e. The van der Waals surface area contributed by atoms with Crippen LogP contribution >= 0.6 is 0 Å². The van der Waals surface area contributed by atoms with Crippen molar-refractivity contribution < 1.29 is 28.2 Å². The summed E-state index contributed by atoms with van der Waals surface area (Å²) in [6.45, 7) is -0.391. The number of hydrogen-bond donors (Lipinski definition) is 0. The fraction of sp³-hybridized carbons (Fsp3) is 0.222. The van der Waals surface area contributed by atoms with Crippen LogP contribution in [-0.2, 0) is 16.0 Å². The third kappa shape index (κ3) is 4.55. The van der Waals surface area contributed by atoms with Crippen molar-refractivity contribution >= 4 is 11.8 Å². The SMILES string of the molecule is COc1ccc(CC(=O)OCC(=O)c2ccc(F)cc2)cc1OC. The van der Waals surface area contributed by atoms with Gasteiger partial charge in [-0.2, -0.15) is 0 Å². The summed E-state index contributed by atoms with van der Waals surface area (Å²) in [4.78, 5) is 23.7. The van der Waals surface area contributed by atoms with E-state index in [0.29, 0.717) is 17.1 Å². The van der Waals surface area contributed by atoms with Gasteiger partial charge in [-0.1, -0.05) is 6.07 Å². The van der Waals surface area contributed by atoms with E-state index in [2.05, 4.69) is 0 Å². The number of hydrogen-bond acceptors (Lipinski definition) is 5. The van der Waals surface area contributed by atoms with E-state index in [1.807, 2.05) is 0 Å². The Labute approximate surface area is 139 Å². The van der Waals surface area contributed by atoms with Gasteiger partial charge in [0.15, 0.2) is 23.9 Å². The van der Waals surface area contributed by atoms with Crippen molar-refractivity contribution in [2.45, 2.75) is 6.42 Å². The summed E-state index contributed by atoms with van der Waals surface area (Å²) in [5.74, 6) is -0.309. The Morgan fingerprint density at radius 1 is 0.958 bits per heavy atom. The van der Waals surface area contributed by atoms with Crippen LogP contribution in [0.4, 0.5) is 4.39 Å². The van der Waals surface area contributed by atoms with Crippen molar-refractivity contribution in [1.82, 2.24) is 0 Å². The maximum atomic E-state index is 12.8. The second kappa shape index (κ2) is 8.10. The van der Waals surface area contributed by atoms with Crippen LogP contribution in [0.25, 0.3) is 0 Å². The first-order valence-corrected chi connectivity index (χ1v) is 7.18. The number of ketones is 1. The van der Waals surface area contributed by atoms with Crippen molar-refractivity contribution in [3.05, 3.63) is 59.4 Å². The average molecular weight is 332 g/mol. The number of esters is 1. The van der Waals surface area contributed by atoms with Crippen molar-refractivity contribution in [1.29, 1.82) is 0 Å². The number of methoxy groups -OCH3 is 2. The van der Waals surface area contributed by atoms with Gasteiger partial charge >= 0.3 is 5.97 Å². The highest BCUT2D eigenvalue weighted by molar-refractivity contribution is 5.97. The van der Waals surface area contributed by atoms with Gasteiger partial charge in [0.1, 0.15) is 5.82 Å². The number of ether oxygens (including phenoxy) is 3. The van der Waals surface area contributed by atoms with Crippen molar-refractivity contribution in [2.24, 2.45) is 0 Å². The highest BCUT2D eigenvalue weighted by Crippen LogP contribution is 2.27. The molecule has 0 radical (unpaired) electrons. The lowest BCUT2D eigenvalue weighted by Gasteiger charge is -2.09. The summed E-state index contributed by atoms with van der Waals surface area (Å²) >= 11 is 0. The Morgan fingerprint density at radius 2 is 1.62 bits per heavy atom. The lowest BCUT2D eigenvalue weighted by atomic mass is 10.1. The first-order valence-electron chi connectivity index (χ1n) is 7.18. The molecule has 0 aliphatic carbocycles. The fourth-order valence-electron chi connectivity index (χ4n) is 2.07. The maximum absolute atomic E-state index is 12.8. The van der Waals surface area contributed by atoms with Gasteiger partial charge in [-0.05, 0) is 42.0 Å². The molecule has 0 aliphatic heterocycles. The predicted molar refractivity (Wildman–Crippen MR) is 84.9 cm³/mol. The Balaban J connectivity index is 1.91. The highest BCUT2D eigenvalue weighted by Gasteiger charge is 2.12. The zero-order valence-corrected chi connectivity index (χ0v) is 13.4. The first-order chi connectivity index (χ1) is 11.5. The average Bonchev–Trinajstić information content (AvgIpc) is 2.60. The molecule has 0 aromatic heterocycles. The topological polar surface area (TPSA) is 61.8 Å². The molecule has 0 unspecified atom stereocenters. The van der Waals surface area contributed by atoms with E-state index in [0.717, 1.165) is 0 Å². The summed E-state index contributed by atoms with van der Waals surface area (Å²) in [5.41, 5.74) is 0.960. The molecule has 0 aliphatic rings. The van der Waals surface area contributed by atoms with Gasteiger partial charge in [-0.15, -0.1) is 0 Å². The summed E-state index contributed by atoms with van der Waals surface area (Å²) in [7, 11) is 3.02. The molecule has 2 rings (SSSR count). The van der Waals surface area contributed by atoms with Crippen LogP contribution in [0.3, 0.4) is 0 Å². The van der Waals surface area contributed by atoms with Crippen molar-refractivity contribution in [3.8, 4) is 11.5 Å². The molecule has 0 fully saturated rings.